The minimum absolute atomic E-state index is 0.119. The van der Waals surface area contributed by atoms with Crippen LogP contribution in [0.4, 0.5) is 5.88 Å². The number of benzene rings is 1. The third kappa shape index (κ3) is 5.42. The fourth-order valence-corrected chi connectivity index (χ4v) is 2.38. The lowest BCUT2D eigenvalue weighted by molar-refractivity contribution is -0.117. The van der Waals surface area contributed by atoms with E-state index < -0.39 is 0 Å². The van der Waals surface area contributed by atoms with Crippen molar-refractivity contribution in [3.05, 3.63) is 47.2 Å². The first-order valence-electron chi connectivity index (χ1n) is 8.45. The fourth-order valence-electron chi connectivity index (χ4n) is 2.38. The molecular formula is C19H26N4O3. The van der Waals surface area contributed by atoms with Gasteiger partial charge >= 0.3 is 0 Å². The second-order valence-electron chi connectivity index (χ2n) is 7.32. The lowest BCUT2D eigenvalue weighted by Gasteiger charge is -2.16. The first-order valence-corrected chi connectivity index (χ1v) is 8.45. The first-order chi connectivity index (χ1) is 12.2. The number of carbonyl (C=O) groups is 2. The lowest BCUT2D eigenvalue weighted by atomic mass is 9.92. The van der Waals surface area contributed by atoms with Gasteiger partial charge in [-0.15, -0.1) is 0 Å². The summed E-state index contributed by atoms with van der Waals surface area (Å²) < 4.78 is 5.17. The lowest BCUT2D eigenvalue weighted by Crippen LogP contribution is -2.29. The average Bonchev–Trinajstić information content (AvgIpc) is 3.03. The van der Waals surface area contributed by atoms with Crippen LogP contribution in [-0.4, -0.2) is 42.5 Å². The van der Waals surface area contributed by atoms with Crippen LogP contribution in [0.3, 0.4) is 0 Å². The Kier molecular flexibility index (Phi) is 6.15. The highest BCUT2D eigenvalue weighted by atomic mass is 16.5. The van der Waals surface area contributed by atoms with Gasteiger partial charge in [-0.2, -0.15) is 0 Å². The van der Waals surface area contributed by atoms with Crippen LogP contribution in [0.25, 0.3) is 0 Å². The van der Waals surface area contributed by atoms with Crippen LogP contribution >= 0.6 is 0 Å². The minimum Gasteiger partial charge on any atom is -0.355 e. The van der Waals surface area contributed by atoms with Crippen molar-refractivity contribution in [2.45, 2.75) is 32.7 Å². The number of rotatable bonds is 6. The van der Waals surface area contributed by atoms with E-state index in [9.17, 15) is 9.59 Å². The zero-order valence-electron chi connectivity index (χ0n) is 15.9. The first kappa shape index (κ1) is 19.7. The number of likely N-dealkylation sites (N-methyl/N-ethyl adjacent to an activating group) is 1. The highest BCUT2D eigenvalue weighted by Gasteiger charge is 2.20. The number of amides is 2. The number of hydrogen-bond acceptors (Lipinski definition) is 5. The van der Waals surface area contributed by atoms with Gasteiger partial charge in [0.1, 0.15) is 0 Å². The molecule has 2 aromatic rings. The molecule has 1 heterocycles. The van der Waals surface area contributed by atoms with Crippen molar-refractivity contribution in [2.24, 2.45) is 0 Å². The van der Waals surface area contributed by atoms with E-state index in [2.05, 4.69) is 15.8 Å². The molecule has 0 aliphatic carbocycles. The van der Waals surface area contributed by atoms with Gasteiger partial charge in [0.2, 0.25) is 11.8 Å². The summed E-state index contributed by atoms with van der Waals surface area (Å²) in [6.45, 7) is 6.88. The SMILES string of the molecule is CNC(=O)c1ccc(CN(C)CC(=O)Nc2cc(C(C)(C)C)no2)cc1. The molecule has 0 fully saturated rings. The van der Waals surface area contributed by atoms with Crippen molar-refractivity contribution in [2.75, 3.05) is 26.0 Å². The normalized spacial score (nSPS) is 11.5. The summed E-state index contributed by atoms with van der Waals surface area (Å²) >= 11 is 0. The molecule has 0 radical (unpaired) electrons. The van der Waals surface area contributed by atoms with Crippen molar-refractivity contribution in [3.63, 3.8) is 0 Å². The molecule has 0 atom stereocenters. The highest BCUT2D eigenvalue weighted by molar-refractivity contribution is 5.94. The fraction of sp³-hybridized carbons (Fsp3) is 0.421. The molecule has 0 saturated heterocycles. The summed E-state index contributed by atoms with van der Waals surface area (Å²) in [4.78, 5) is 25.6. The van der Waals surface area contributed by atoms with Crippen LogP contribution in [0.1, 0.15) is 42.4 Å². The van der Waals surface area contributed by atoms with Crippen molar-refractivity contribution in [1.82, 2.24) is 15.4 Å². The van der Waals surface area contributed by atoms with Gasteiger partial charge in [0.05, 0.1) is 12.2 Å². The topological polar surface area (TPSA) is 87.5 Å². The summed E-state index contributed by atoms with van der Waals surface area (Å²) in [6, 6.07) is 9.04. The van der Waals surface area contributed by atoms with Crippen LogP contribution in [-0.2, 0) is 16.8 Å². The molecule has 26 heavy (non-hydrogen) atoms. The van der Waals surface area contributed by atoms with E-state index in [0.717, 1.165) is 11.3 Å². The molecule has 1 aromatic carbocycles. The molecule has 0 unspecified atom stereocenters. The van der Waals surface area contributed by atoms with E-state index in [1.807, 2.05) is 44.9 Å². The Bertz CT molecular complexity index is 760. The van der Waals surface area contributed by atoms with Gasteiger partial charge in [-0.1, -0.05) is 38.1 Å². The van der Waals surface area contributed by atoms with Crippen molar-refractivity contribution < 1.29 is 14.1 Å². The third-order valence-corrected chi connectivity index (χ3v) is 3.85. The predicted molar refractivity (Wildman–Crippen MR) is 100.0 cm³/mol. The smallest absolute Gasteiger partial charge is 0.251 e. The molecule has 140 valence electrons. The van der Waals surface area contributed by atoms with Gasteiger partial charge in [-0.05, 0) is 24.7 Å². The van der Waals surface area contributed by atoms with Gasteiger partial charge in [-0.25, -0.2) is 0 Å². The van der Waals surface area contributed by atoms with Crippen LogP contribution in [0.15, 0.2) is 34.9 Å². The summed E-state index contributed by atoms with van der Waals surface area (Å²) in [5.74, 6) is 0.0558. The molecule has 0 aliphatic rings. The molecule has 0 aliphatic heterocycles. The maximum atomic E-state index is 12.2. The molecule has 0 spiro atoms. The van der Waals surface area contributed by atoms with E-state index >= 15 is 0 Å². The van der Waals surface area contributed by atoms with Crippen molar-refractivity contribution >= 4 is 17.7 Å². The highest BCUT2D eigenvalue weighted by Crippen LogP contribution is 2.23. The Balaban J connectivity index is 1.87. The average molecular weight is 358 g/mol. The van der Waals surface area contributed by atoms with E-state index in [0.29, 0.717) is 18.0 Å². The quantitative estimate of drug-likeness (QED) is 0.828. The Morgan fingerprint density at radius 3 is 2.38 bits per heavy atom. The molecule has 0 bridgehead atoms. The maximum Gasteiger partial charge on any atom is 0.251 e. The Labute approximate surface area is 153 Å². The second kappa shape index (κ2) is 8.14. The van der Waals surface area contributed by atoms with Gasteiger partial charge < -0.3 is 9.84 Å². The number of aromatic nitrogens is 1. The summed E-state index contributed by atoms with van der Waals surface area (Å²) in [7, 11) is 3.45. The molecule has 0 saturated carbocycles. The van der Waals surface area contributed by atoms with Crippen molar-refractivity contribution in [1.29, 1.82) is 0 Å². The molecular weight excluding hydrogens is 332 g/mol. The minimum atomic E-state index is -0.175. The predicted octanol–water partition coefficient (Wildman–Crippen LogP) is 2.40. The Hall–Kier alpha value is -2.67. The molecule has 1 aromatic heterocycles. The van der Waals surface area contributed by atoms with Crippen LogP contribution in [0.2, 0.25) is 0 Å². The summed E-state index contributed by atoms with van der Waals surface area (Å²) in [5, 5.41) is 9.29. The van der Waals surface area contributed by atoms with Crippen LogP contribution in [0, 0.1) is 0 Å². The molecule has 2 amide bonds. The van der Waals surface area contributed by atoms with Gasteiger partial charge in [-0.3, -0.25) is 19.8 Å². The molecule has 2 rings (SSSR count). The summed E-state index contributed by atoms with van der Waals surface area (Å²) in [6.07, 6.45) is 0. The number of anilines is 1. The van der Waals surface area contributed by atoms with E-state index in [1.54, 1.807) is 25.2 Å². The largest absolute Gasteiger partial charge is 0.355 e. The summed E-state index contributed by atoms with van der Waals surface area (Å²) in [5.41, 5.74) is 2.28. The number of hydrogen-bond donors (Lipinski definition) is 2. The van der Waals surface area contributed by atoms with Gasteiger partial charge in [0.15, 0.2) is 0 Å². The number of nitrogens with zero attached hydrogens (tertiary/aromatic N) is 2. The van der Waals surface area contributed by atoms with E-state index in [4.69, 9.17) is 4.52 Å². The van der Waals surface area contributed by atoms with Gasteiger partial charge in [0, 0.05) is 30.6 Å². The van der Waals surface area contributed by atoms with Gasteiger partial charge in [0.25, 0.3) is 5.91 Å². The monoisotopic (exact) mass is 358 g/mol. The Morgan fingerprint density at radius 1 is 1.19 bits per heavy atom. The second-order valence-corrected chi connectivity index (χ2v) is 7.32. The van der Waals surface area contributed by atoms with Crippen molar-refractivity contribution in [3.8, 4) is 0 Å². The van der Waals surface area contributed by atoms with Crippen LogP contribution in [0.5, 0.6) is 0 Å². The molecule has 2 N–H and O–H groups in total. The zero-order chi connectivity index (χ0) is 19.3. The Morgan fingerprint density at radius 2 is 1.85 bits per heavy atom. The number of carbonyl (C=O) groups excluding carboxylic acids is 2. The standard InChI is InChI=1S/C19H26N4O3/c1-19(2,3)15-10-17(26-22-15)21-16(24)12-23(5)11-13-6-8-14(9-7-13)18(25)20-4/h6-10H,11-12H2,1-5H3,(H,20,25)(H,21,24). The maximum absolute atomic E-state index is 12.2. The number of nitrogens with one attached hydrogen (secondary N) is 2. The molecule has 7 nitrogen and oxygen atoms in total. The van der Waals surface area contributed by atoms with E-state index in [-0.39, 0.29) is 23.8 Å². The third-order valence-electron chi connectivity index (χ3n) is 3.85. The van der Waals surface area contributed by atoms with Crippen LogP contribution < -0.4 is 10.6 Å². The molecule has 7 heteroatoms. The van der Waals surface area contributed by atoms with E-state index in [1.165, 1.54) is 0 Å². The zero-order valence-corrected chi connectivity index (χ0v) is 15.9.